The number of aryl methyl sites for hydroxylation is 1. The lowest BCUT2D eigenvalue weighted by molar-refractivity contribution is -0.133. The zero-order valence-corrected chi connectivity index (χ0v) is 19.2. The molecule has 2 aromatic heterocycles. The van der Waals surface area contributed by atoms with Crippen LogP contribution in [-0.4, -0.2) is 61.6 Å². The third-order valence-electron chi connectivity index (χ3n) is 5.95. The van der Waals surface area contributed by atoms with Crippen molar-refractivity contribution in [2.75, 3.05) is 26.2 Å². The predicted octanol–water partition coefficient (Wildman–Crippen LogP) is 2.83. The van der Waals surface area contributed by atoms with Gasteiger partial charge in [0.1, 0.15) is 0 Å². The number of fused-ring (bicyclic) bond motifs is 1. The number of amides is 1. The summed E-state index contributed by atoms with van der Waals surface area (Å²) in [6.45, 7) is 3.49. The Morgan fingerprint density at radius 2 is 1.79 bits per heavy atom. The van der Waals surface area contributed by atoms with Crippen molar-refractivity contribution in [1.82, 2.24) is 29.5 Å². The molecule has 0 unspecified atom stereocenters. The van der Waals surface area contributed by atoms with Crippen molar-refractivity contribution in [3.8, 4) is 11.4 Å². The summed E-state index contributed by atoms with van der Waals surface area (Å²) in [6.07, 6.45) is 1.77. The van der Waals surface area contributed by atoms with Crippen LogP contribution in [0.5, 0.6) is 0 Å². The highest BCUT2D eigenvalue weighted by Gasteiger charge is 2.22. The number of hydrogen-bond acceptors (Lipinski definition) is 7. The van der Waals surface area contributed by atoms with Crippen LogP contribution >= 0.6 is 11.6 Å². The van der Waals surface area contributed by atoms with Gasteiger partial charge in [0.05, 0.1) is 23.8 Å². The maximum absolute atomic E-state index is 12.7. The first kappa shape index (κ1) is 22.2. The van der Waals surface area contributed by atoms with Gasteiger partial charge in [0.15, 0.2) is 0 Å². The van der Waals surface area contributed by atoms with Crippen LogP contribution in [0.25, 0.3) is 22.3 Å². The van der Waals surface area contributed by atoms with Gasteiger partial charge in [-0.05, 0) is 36.4 Å². The first-order valence-corrected chi connectivity index (χ1v) is 11.5. The molecular formula is C24H23ClN6O3. The van der Waals surface area contributed by atoms with Gasteiger partial charge in [0, 0.05) is 49.7 Å². The van der Waals surface area contributed by atoms with Crippen LogP contribution in [0.3, 0.4) is 0 Å². The average Bonchev–Trinajstić information content (AvgIpc) is 3.33. The number of carbonyl (C=O) groups is 1. The molecule has 1 fully saturated rings. The Hall–Kier alpha value is -3.56. The maximum Gasteiger partial charge on any atom is 0.261 e. The second-order valence-corrected chi connectivity index (χ2v) is 8.62. The van der Waals surface area contributed by atoms with E-state index < -0.39 is 0 Å². The Balaban J connectivity index is 1.12. The van der Waals surface area contributed by atoms with Gasteiger partial charge in [-0.25, -0.2) is 4.98 Å². The van der Waals surface area contributed by atoms with Crippen molar-refractivity contribution < 1.29 is 9.32 Å². The van der Waals surface area contributed by atoms with Crippen LogP contribution in [0.15, 0.2) is 64.2 Å². The number of hydrogen-bond donors (Lipinski definition) is 0. The number of carbonyl (C=O) groups excluding carboxylic acids is 1. The van der Waals surface area contributed by atoms with Crippen LogP contribution in [0.2, 0.25) is 5.02 Å². The zero-order valence-electron chi connectivity index (χ0n) is 18.4. The summed E-state index contributed by atoms with van der Waals surface area (Å²) in [5, 5.41) is 5.27. The summed E-state index contributed by atoms with van der Waals surface area (Å²) in [7, 11) is 0. The molecule has 0 saturated carbocycles. The molecule has 5 rings (SSSR count). The quantitative estimate of drug-likeness (QED) is 0.420. The molecule has 0 aliphatic carbocycles. The average molecular weight is 479 g/mol. The van der Waals surface area contributed by atoms with Crippen molar-refractivity contribution in [2.45, 2.75) is 19.5 Å². The molecule has 0 N–H and O–H groups in total. The van der Waals surface area contributed by atoms with E-state index >= 15 is 0 Å². The Labute approximate surface area is 200 Å². The molecular weight excluding hydrogens is 456 g/mol. The van der Waals surface area contributed by atoms with E-state index in [1.165, 1.54) is 10.9 Å². The fourth-order valence-corrected chi connectivity index (χ4v) is 4.15. The molecule has 4 aromatic rings. The Bertz CT molecular complexity index is 1360. The predicted molar refractivity (Wildman–Crippen MR) is 127 cm³/mol. The van der Waals surface area contributed by atoms with Gasteiger partial charge < -0.3 is 9.42 Å². The third-order valence-corrected chi connectivity index (χ3v) is 6.20. The van der Waals surface area contributed by atoms with E-state index in [9.17, 15) is 9.59 Å². The maximum atomic E-state index is 12.7. The molecule has 1 amide bonds. The van der Waals surface area contributed by atoms with Gasteiger partial charge in [-0.1, -0.05) is 28.9 Å². The number of rotatable bonds is 6. The van der Waals surface area contributed by atoms with Crippen molar-refractivity contribution in [1.29, 1.82) is 0 Å². The van der Waals surface area contributed by atoms with Crippen LogP contribution < -0.4 is 5.56 Å². The summed E-state index contributed by atoms with van der Waals surface area (Å²) in [6, 6.07) is 14.5. The van der Waals surface area contributed by atoms with Gasteiger partial charge in [0.25, 0.3) is 5.56 Å². The normalized spacial score (nSPS) is 14.6. The molecule has 174 valence electrons. The molecule has 0 radical (unpaired) electrons. The highest BCUT2D eigenvalue weighted by molar-refractivity contribution is 6.30. The lowest BCUT2D eigenvalue weighted by Crippen LogP contribution is -2.48. The molecule has 1 aliphatic rings. The smallest absolute Gasteiger partial charge is 0.261 e. The first-order chi connectivity index (χ1) is 16.6. The molecule has 0 bridgehead atoms. The van der Waals surface area contributed by atoms with Gasteiger partial charge in [-0.3, -0.25) is 19.1 Å². The van der Waals surface area contributed by atoms with E-state index in [4.69, 9.17) is 16.1 Å². The second kappa shape index (κ2) is 9.74. The number of halogens is 1. The standard InChI is InChI=1S/C24H23ClN6O3/c25-18-7-5-17(6-8-18)23-27-21(34-28-23)15-29-11-13-30(14-12-29)22(32)9-10-31-16-26-20-4-2-1-3-19(20)24(31)33/h1-8,16H,9-15H2. The minimum Gasteiger partial charge on any atom is -0.340 e. The summed E-state index contributed by atoms with van der Waals surface area (Å²) >= 11 is 5.93. The van der Waals surface area contributed by atoms with Gasteiger partial charge >= 0.3 is 0 Å². The number of nitrogens with zero attached hydrogens (tertiary/aromatic N) is 6. The topological polar surface area (TPSA) is 97.4 Å². The summed E-state index contributed by atoms with van der Waals surface area (Å²) in [5.41, 5.74) is 1.38. The molecule has 0 spiro atoms. The Kier molecular flexibility index (Phi) is 6.37. The van der Waals surface area contributed by atoms with Gasteiger partial charge in [-0.15, -0.1) is 0 Å². The summed E-state index contributed by atoms with van der Waals surface area (Å²) < 4.78 is 6.91. The van der Waals surface area contributed by atoms with Gasteiger partial charge in [0.2, 0.25) is 17.6 Å². The van der Waals surface area contributed by atoms with E-state index in [1.807, 2.05) is 29.2 Å². The minimum atomic E-state index is -0.124. The molecule has 0 atom stereocenters. The summed E-state index contributed by atoms with van der Waals surface area (Å²) in [5.74, 6) is 1.09. The van der Waals surface area contributed by atoms with E-state index in [0.717, 1.165) is 5.56 Å². The lowest BCUT2D eigenvalue weighted by Gasteiger charge is -2.34. The number of para-hydroxylation sites is 1. The SMILES string of the molecule is O=C(CCn1cnc2ccccc2c1=O)N1CCN(Cc2nc(-c3ccc(Cl)cc3)no2)CC1. The van der Waals surface area contributed by atoms with Crippen molar-refractivity contribution in [3.63, 3.8) is 0 Å². The molecule has 1 saturated heterocycles. The van der Waals surface area contributed by atoms with Crippen LogP contribution in [-0.2, 0) is 17.9 Å². The lowest BCUT2D eigenvalue weighted by atomic mass is 10.2. The highest BCUT2D eigenvalue weighted by Crippen LogP contribution is 2.19. The molecule has 2 aromatic carbocycles. The Morgan fingerprint density at radius 1 is 1.03 bits per heavy atom. The number of benzene rings is 2. The number of piperazine rings is 1. The van der Waals surface area contributed by atoms with Crippen molar-refractivity contribution in [2.24, 2.45) is 0 Å². The zero-order chi connectivity index (χ0) is 23.5. The second-order valence-electron chi connectivity index (χ2n) is 8.19. The van der Waals surface area contributed by atoms with Crippen LogP contribution in [0.4, 0.5) is 0 Å². The fraction of sp³-hybridized carbons (Fsp3) is 0.292. The minimum absolute atomic E-state index is 0.0301. The Morgan fingerprint density at radius 3 is 2.59 bits per heavy atom. The van der Waals surface area contributed by atoms with E-state index in [2.05, 4.69) is 20.0 Å². The molecule has 3 heterocycles. The fourth-order valence-electron chi connectivity index (χ4n) is 4.02. The number of aromatic nitrogens is 4. The largest absolute Gasteiger partial charge is 0.340 e. The summed E-state index contributed by atoms with van der Waals surface area (Å²) in [4.78, 5) is 38.1. The van der Waals surface area contributed by atoms with Crippen molar-refractivity contribution in [3.05, 3.63) is 76.1 Å². The molecule has 34 heavy (non-hydrogen) atoms. The van der Waals surface area contributed by atoms with Crippen LogP contribution in [0, 0.1) is 0 Å². The first-order valence-electron chi connectivity index (χ1n) is 11.1. The van der Waals surface area contributed by atoms with E-state index in [1.54, 1.807) is 24.3 Å². The van der Waals surface area contributed by atoms with Crippen molar-refractivity contribution >= 4 is 28.4 Å². The molecule has 9 nitrogen and oxygen atoms in total. The third kappa shape index (κ3) is 4.85. The van der Waals surface area contributed by atoms with E-state index in [-0.39, 0.29) is 17.9 Å². The van der Waals surface area contributed by atoms with E-state index in [0.29, 0.717) is 66.9 Å². The molecule has 10 heteroatoms. The monoisotopic (exact) mass is 478 g/mol. The van der Waals surface area contributed by atoms with Crippen LogP contribution in [0.1, 0.15) is 12.3 Å². The highest BCUT2D eigenvalue weighted by atomic mass is 35.5. The molecule has 1 aliphatic heterocycles. The van der Waals surface area contributed by atoms with Gasteiger partial charge in [-0.2, -0.15) is 4.98 Å².